The maximum atomic E-state index is 11.1. The van der Waals surface area contributed by atoms with Gasteiger partial charge in [-0.3, -0.25) is 4.79 Å². The first-order chi connectivity index (χ1) is 7.23. The molecule has 0 saturated carbocycles. The van der Waals surface area contributed by atoms with E-state index >= 15 is 0 Å². The Kier molecular flexibility index (Phi) is 3.27. The maximum absolute atomic E-state index is 11.1. The molecule has 1 aromatic rings. The number of amides is 1. The van der Waals surface area contributed by atoms with E-state index in [9.17, 15) is 9.90 Å². The van der Waals surface area contributed by atoms with Gasteiger partial charge in [-0.25, -0.2) is 0 Å². The van der Waals surface area contributed by atoms with Gasteiger partial charge in [-0.05, 0) is 29.5 Å². The summed E-state index contributed by atoms with van der Waals surface area (Å²) in [6, 6.07) is 5.21. The molecule has 0 spiro atoms. The van der Waals surface area contributed by atoms with Gasteiger partial charge < -0.3 is 10.8 Å². The lowest BCUT2D eigenvalue weighted by molar-refractivity contribution is -0.119. The molecule has 0 aliphatic carbocycles. The van der Waals surface area contributed by atoms with Gasteiger partial charge in [-0.1, -0.05) is 32.9 Å². The third-order valence-electron chi connectivity index (χ3n) is 2.76. The molecule has 3 N–H and O–H groups in total. The van der Waals surface area contributed by atoms with Gasteiger partial charge in [0, 0.05) is 0 Å². The van der Waals surface area contributed by atoms with Gasteiger partial charge in [0.15, 0.2) is 0 Å². The molecule has 1 unspecified atom stereocenters. The van der Waals surface area contributed by atoms with Crippen LogP contribution in [0.4, 0.5) is 0 Å². The standard InChI is InChI=1S/C13H19NO2/c1-8(12(14)16)9-5-6-11(15)10(7-9)13(2,3)4/h5-8,15H,1-4H3,(H2,14,16). The molecule has 0 aliphatic rings. The second-order valence-electron chi connectivity index (χ2n) is 5.15. The number of nitrogens with two attached hydrogens (primary N) is 1. The number of carbonyl (C=O) groups is 1. The molecule has 1 amide bonds. The molecule has 3 heteroatoms. The molecule has 3 nitrogen and oxygen atoms in total. The first-order valence-corrected chi connectivity index (χ1v) is 5.36. The predicted molar refractivity (Wildman–Crippen MR) is 64.4 cm³/mol. The van der Waals surface area contributed by atoms with Crippen molar-refractivity contribution >= 4 is 5.91 Å². The highest BCUT2D eigenvalue weighted by Gasteiger charge is 2.20. The lowest BCUT2D eigenvalue weighted by Crippen LogP contribution is -2.19. The molecule has 0 aliphatic heterocycles. The summed E-state index contributed by atoms with van der Waals surface area (Å²) in [5, 5.41) is 9.77. The number of phenols is 1. The molecule has 0 bridgehead atoms. The Hall–Kier alpha value is -1.51. The van der Waals surface area contributed by atoms with Crippen molar-refractivity contribution in [2.75, 3.05) is 0 Å². The molecule has 0 heterocycles. The Morgan fingerprint density at radius 3 is 2.38 bits per heavy atom. The quantitative estimate of drug-likeness (QED) is 0.804. The van der Waals surface area contributed by atoms with Gasteiger partial charge >= 0.3 is 0 Å². The van der Waals surface area contributed by atoms with Gasteiger partial charge in [0.05, 0.1) is 5.92 Å². The fourth-order valence-electron chi connectivity index (χ4n) is 1.59. The number of primary amides is 1. The van der Waals surface area contributed by atoms with Crippen molar-refractivity contribution in [2.24, 2.45) is 5.73 Å². The molecule has 0 fully saturated rings. The number of rotatable bonds is 2. The smallest absolute Gasteiger partial charge is 0.224 e. The van der Waals surface area contributed by atoms with Crippen molar-refractivity contribution in [1.29, 1.82) is 0 Å². The van der Waals surface area contributed by atoms with Crippen molar-refractivity contribution in [3.8, 4) is 5.75 Å². The van der Waals surface area contributed by atoms with E-state index in [0.717, 1.165) is 11.1 Å². The zero-order chi connectivity index (χ0) is 12.5. The molecule has 88 valence electrons. The largest absolute Gasteiger partial charge is 0.508 e. The molecule has 0 aromatic heterocycles. The maximum Gasteiger partial charge on any atom is 0.224 e. The van der Waals surface area contributed by atoms with E-state index in [-0.39, 0.29) is 23.0 Å². The number of phenolic OH excluding ortho intramolecular Hbond substituents is 1. The van der Waals surface area contributed by atoms with Crippen LogP contribution in [0, 0.1) is 0 Å². The molecule has 1 aromatic carbocycles. The summed E-state index contributed by atoms with van der Waals surface area (Å²) < 4.78 is 0. The van der Waals surface area contributed by atoms with Crippen LogP contribution in [0.5, 0.6) is 5.75 Å². The van der Waals surface area contributed by atoms with Crippen molar-refractivity contribution < 1.29 is 9.90 Å². The van der Waals surface area contributed by atoms with E-state index < -0.39 is 0 Å². The zero-order valence-corrected chi connectivity index (χ0v) is 10.2. The summed E-state index contributed by atoms with van der Waals surface area (Å²) in [5.74, 6) is -0.430. The molecule has 1 atom stereocenters. The van der Waals surface area contributed by atoms with Gasteiger partial charge in [-0.2, -0.15) is 0 Å². The van der Waals surface area contributed by atoms with E-state index in [0.29, 0.717) is 0 Å². The van der Waals surface area contributed by atoms with Crippen molar-refractivity contribution in [3.05, 3.63) is 29.3 Å². The average Bonchev–Trinajstić information content (AvgIpc) is 2.15. The third-order valence-corrected chi connectivity index (χ3v) is 2.76. The van der Waals surface area contributed by atoms with Crippen LogP contribution in [-0.4, -0.2) is 11.0 Å². The average molecular weight is 221 g/mol. The molecule has 0 radical (unpaired) electrons. The van der Waals surface area contributed by atoms with Crippen LogP contribution in [0.1, 0.15) is 44.7 Å². The van der Waals surface area contributed by atoms with Crippen molar-refractivity contribution in [2.45, 2.75) is 39.0 Å². The summed E-state index contributed by atoms with van der Waals surface area (Å²) in [6.45, 7) is 7.81. The fraction of sp³-hybridized carbons (Fsp3) is 0.462. The van der Waals surface area contributed by atoms with E-state index in [1.54, 1.807) is 19.1 Å². The van der Waals surface area contributed by atoms with Crippen LogP contribution in [0.15, 0.2) is 18.2 Å². The normalized spacial score (nSPS) is 13.5. The number of carbonyl (C=O) groups excluding carboxylic acids is 1. The first kappa shape index (κ1) is 12.6. The second kappa shape index (κ2) is 4.16. The third kappa shape index (κ3) is 2.54. The Bertz CT molecular complexity index is 405. The summed E-state index contributed by atoms with van der Waals surface area (Å²) >= 11 is 0. The highest BCUT2D eigenvalue weighted by Crippen LogP contribution is 2.32. The van der Waals surface area contributed by atoms with Crippen LogP contribution in [0.25, 0.3) is 0 Å². The number of aromatic hydroxyl groups is 1. The molecular weight excluding hydrogens is 202 g/mol. The Labute approximate surface area is 96.3 Å². The van der Waals surface area contributed by atoms with Gasteiger partial charge in [0.2, 0.25) is 5.91 Å². The minimum absolute atomic E-state index is 0.155. The monoisotopic (exact) mass is 221 g/mol. The van der Waals surface area contributed by atoms with Crippen LogP contribution >= 0.6 is 0 Å². The van der Waals surface area contributed by atoms with E-state index in [2.05, 4.69) is 0 Å². The fourth-order valence-corrected chi connectivity index (χ4v) is 1.59. The number of hydrogen-bond acceptors (Lipinski definition) is 2. The van der Waals surface area contributed by atoms with Gasteiger partial charge in [0.1, 0.15) is 5.75 Å². The highest BCUT2D eigenvalue weighted by atomic mass is 16.3. The van der Waals surface area contributed by atoms with Crippen LogP contribution in [0.3, 0.4) is 0 Å². The van der Waals surface area contributed by atoms with Crippen LogP contribution in [-0.2, 0) is 10.2 Å². The van der Waals surface area contributed by atoms with Crippen LogP contribution < -0.4 is 5.73 Å². The topological polar surface area (TPSA) is 63.3 Å². The summed E-state index contributed by atoms with van der Waals surface area (Å²) in [7, 11) is 0. The zero-order valence-electron chi connectivity index (χ0n) is 10.2. The van der Waals surface area contributed by atoms with Crippen LogP contribution in [0.2, 0.25) is 0 Å². The van der Waals surface area contributed by atoms with Gasteiger partial charge in [-0.15, -0.1) is 0 Å². The Morgan fingerprint density at radius 1 is 1.38 bits per heavy atom. The van der Waals surface area contributed by atoms with E-state index in [1.165, 1.54) is 0 Å². The highest BCUT2D eigenvalue weighted by molar-refractivity contribution is 5.81. The Balaban J connectivity index is 3.23. The summed E-state index contributed by atoms with van der Waals surface area (Å²) in [6.07, 6.45) is 0. The lowest BCUT2D eigenvalue weighted by atomic mass is 9.84. The number of benzene rings is 1. The van der Waals surface area contributed by atoms with Crippen molar-refractivity contribution in [3.63, 3.8) is 0 Å². The van der Waals surface area contributed by atoms with Gasteiger partial charge in [0.25, 0.3) is 0 Å². The second-order valence-corrected chi connectivity index (χ2v) is 5.15. The molecule has 0 saturated heterocycles. The number of hydrogen-bond donors (Lipinski definition) is 2. The van der Waals surface area contributed by atoms with E-state index in [1.807, 2.05) is 26.8 Å². The van der Waals surface area contributed by atoms with E-state index in [4.69, 9.17) is 5.73 Å². The van der Waals surface area contributed by atoms with Crippen molar-refractivity contribution in [1.82, 2.24) is 0 Å². The predicted octanol–water partition coefficient (Wildman–Crippen LogP) is 2.28. The molecule has 16 heavy (non-hydrogen) atoms. The Morgan fingerprint density at radius 2 is 1.94 bits per heavy atom. The summed E-state index contributed by atoms with van der Waals surface area (Å²) in [4.78, 5) is 11.1. The first-order valence-electron chi connectivity index (χ1n) is 5.36. The molecular formula is C13H19NO2. The minimum atomic E-state index is -0.356. The minimum Gasteiger partial charge on any atom is -0.508 e. The lowest BCUT2D eigenvalue weighted by Gasteiger charge is -2.22. The summed E-state index contributed by atoms with van der Waals surface area (Å²) in [5.41, 5.74) is 6.78. The SMILES string of the molecule is CC(C(N)=O)c1ccc(O)c(C(C)(C)C)c1. The molecule has 1 rings (SSSR count).